The van der Waals surface area contributed by atoms with Crippen molar-refractivity contribution in [2.75, 3.05) is 5.32 Å². The van der Waals surface area contributed by atoms with Gasteiger partial charge in [-0.25, -0.2) is 4.90 Å². The van der Waals surface area contributed by atoms with Gasteiger partial charge in [0.15, 0.2) is 11.9 Å². The Morgan fingerprint density at radius 2 is 2.15 bits per heavy atom. The van der Waals surface area contributed by atoms with Crippen LogP contribution in [0.15, 0.2) is 59.5 Å². The van der Waals surface area contributed by atoms with Crippen LogP contribution in [0.4, 0.5) is 5.69 Å². The molecular formula is C14H14IN4O+. The second-order valence-corrected chi connectivity index (χ2v) is 5.75. The van der Waals surface area contributed by atoms with Gasteiger partial charge in [0.2, 0.25) is 5.84 Å². The Morgan fingerprint density at radius 3 is 2.90 bits per heavy atom. The Hall–Kier alpha value is -1.67. The number of amidine groups is 1. The van der Waals surface area contributed by atoms with Gasteiger partial charge in [0.25, 0.3) is 5.91 Å². The SMILES string of the molecule is CC1N(I)C=CC2=NC(C(=O)Nc3ccccc3)=C[NH+]21. The van der Waals surface area contributed by atoms with Gasteiger partial charge in [-0.2, -0.15) is 4.99 Å². The molecule has 0 saturated heterocycles. The standard InChI is InChI=1S/C14H13IN4O/c1-10-18-9-12(17-13(18)7-8-19(10)15)14(20)16-11-5-3-2-4-6-11/h2-10H,1H3,(H,16,20)/p+1. The molecule has 2 aliphatic heterocycles. The van der Waals surface area contributed by atoms with E-state index >= 15 is 0 Å². The molecule has 6 heteroatoms. The molecule has 2 atom stereocenters. The van der Waals surface area contributed by atoms with E-state index in [1.165, 1.54) is 0 Å². The maximum atomic E-state index is 12.2. The Labute approximate surface area is 131 Å². The average Bonchev–Trinajstić information content (AvgIpc) is 2.89. The number of halogens is 1. The first kappa shape index (κ1) is 13.3. The lowest BCUT2D eigenvalue weighted by atomic mass is 10.3. The molecule has 2 aliphatic rings. The van der Waals surface area contributed by atoms with E-state index in [0.29, 0.717) is 5.70 Å². The van der Waals surface area contributed by atoms with E-state index in [1.807, 2.05) is 48.8 Å². The monoisotopic (exact) mass is 381 g/mol. The van der Waals surface area contributed by atoms with Crippen LogP contribution in [0.3, 0.4) is 0 Å². The van der Waals surface area contributed by atoms with Crippen LogP contribution in [0.5, 0.6) is 0 Å². The molecule has 102 valence electrons. The molecule has 0 radical (unpaired) electrons. The van der Waals surface area contributed by atoms with Crippen molar-refractivity contribution in [2.45, 2.75) is 13.1 Å². The van der Waals surface area contributed by atoms with E-state index in [4.69, 9.17) is 0 Å². The summed E-state index contributed by atoms with van der Waals surface area (Å²) in [7, 11) is 0. The van der Waals surface area contributed by atoms with Gasteiger partial charge in [0.05, 0.1) is 22.9 Å². The first-order valence-corrected chi connectivity index (χ1v) is 7.28. The number of nitrogens with zero attached hydrogens (tertiary/aromatic N) is 2. The van der Waals surface area contributed by atoms with E-state index in [-0.39, 0.29) is 12.1 Å². The maximum absolute atomic E-state index is 12.2. The number of hydrogen-bond donors (Lipinski definition) is 2. The zero-order valence-corrected chi connectivity index (χ0v) is 13.0. The van der Waals surface area contributed by atoms with Gasteiger partial charge in [0, 0.05) is 24.9 Å². The summed E-state index contributed by atoms with van der Waals surface area (Å²) in [4.78, 5) is 17.7. The molecule has 0 aromatic heterocycles. The van der Waals surface area contributed by atoms with Crippen LogP contribution in [0, 0.1) is 0 Å². The summed E-state index contributed by atoms with van der Waals surface area (Å²) in [6.45, 7) is 2.09. The minimum absolute atomic E-state index is 0.175. The molecule has 5 nitrogen and oxygen atoms in total. The summed E-state index contributed by atoms with van der Waals surface area (Å²) >= 11 is 2.24. The lowest BCUT2D eigenvalue weighted by Crippen LogP contribution is -3.14. The fourth-order valence-electron chi connectivity index (χ4n) is 2.15. The zero-order valence-electron chi connectivity index (χ0n) is 10.9. The fraction of sp³-hybridized carbons (Fsp3) is 0.143. The summed E-state index contributed by atoms with van der Waals surface area (Å²) in [6, 6.07) is 9.40. The molecule has 2 N–H and O–H groups in total. The summed E-state index contributed by atoms with van der Waals surface area (Å²) in [5, 5.41) is 2.85. The fourth-order valence-corrected chi connectivity index (χ4v) is 2.61. The van der Waals surface area contributed by atoms with Crippen LogP contribution < -0.4 is 10.2 Å². The number of fused-ring (bicyclic) bond motifs is 1. The Kier molecular flexibility index (Phi) is 3.58. The summed E-state index contributed by atoms with van der Waals surface area (Å²) in [5.74, 6) is 0.704. The number of carbonyl (C=O) groups excluding carboxylic acids is 1. The summed E-state index contributed by atoms with van der Waals surface area (Å²) in [5.41, 5.74) is 1.24. The predicted molar refractivity (Wildman–Crippen MR) is 86.0 cm³/mol. The molecule has 0 bridgehead atoms. The van der Waals surface area contributed by atoms with Crippen molar-refractivity contribution in [1.29, 1.82) is 0 Å². The highest BCUT2D eigenvalue weighted by molar-refractivity contribution is 14.1. The van der Waals surface area contributed by atoms with Gasteiger partial charge >= 0.3 is 0 Å². The van der Waals surface area contributed by atoms with Crippen LogP contribution in [0.2, 0.25) is 0 Å². The third-order valence-corrected chi connectivity index (χ3v) is 4.45. The predicted octanol–water partition coefficient (Wildman–Crippen LogP) is 1.29. The largest absolute Gasteiger partial charge is 0.320 e. The number of hydrogen-bond acceptors (Lipinski definition) is 3. The number of anilines is 1. The summed E-state index contributed by atoms with van der Waals surface area (Å²) < 4.78 is 2.07. The third kappa shape index (κ3) is 2.48. The number of rotatable bonds is 2. The van der Waals surface area contributed by atoms with Crippen molar-refractivity contribution in [3.8, 4) is 0 Å². The molecule has 0 saturated carbocycles. The highest BCUT2D eigenvalue weighted by Gasteiger charge is 2.34. The van der Waals surface area contributed by atoms with Crippen molar-refractivity contribution in [2.24, 2.45) is 4.99 Å². The van der Waals surface area contributed by atoms with Crippen molar-refractivity contribution in [1.82, 2.24) is 3.11 Å². The summed E-state index contributed by atoms with van der Waals surface area (Å²) in [6.07, 6.45) is 6.00. The van der Waals surface area contributed by atoms with E-state index in [2.05, 4.69) is 43.2 Å². The minimum Gasteiger partial charge on any atom is -0.320 e. The molecule has 1 aromatic rings. The smallest absolute Gasteiger partial charge is 0.280 e. The first-order chi connectivity index (χ1) is 9.65. The normalized spacial score (nSPS) is 24.0. The third-order valence-electron chi connectivity index (χ3n) is 3.29. The molecule has 3 rings (SSSR count). The Balaban J connectivity index is 1.78. The topological polar surface area (TPSA) is 49.1 Å². The molecule has 1 amide bonds. The van der Waals surface area contributed by atoms with Crippen molar-refractivity contribution >= 4 is 40.3 Å². The van der Waals surface area contributed by atoms with E-state index in [1.54, 1.807) is 0 Å². The molecule has 2 unspecified atom stereocenters. The van der Waals surface area contributed by atoms with E-state index in [9.17, 15) is 4.79 Å². The highest BCUT2D eigenvalue weighted by Crippen LogP contribution is 2.13. The minimum atomic E-state index is -0.175. The molecule has 20 heavy (non-hydrogen) atoms. The van der Waals surface area contributed by atoms with Gasteiger partial charge in [0.1, 0.15) is 6.20 Å². The zero-order chi connectivity index (χ0) is 14.1. The molecule has 0 aliphatic carbocycles. The highest BCUT2D eigenvalue weighted by atomic mass is 127. The van der Waals surface area contributed by atoms with Crippen LogP contribution in [0.1, 0.15) is 6.92 Å². The molecule has 0 fully saturated rings. The van der Waals surface area contributed by atoms with E-state index < -0.39 is 0 Å². The van der Waals surface area contributed by atoms with Crippen molar-refractivity contribution in [3.63, 3.8) is 0 Å². The first-order valence-electron chi connectivity index (χ1n) is 6.31. The van der Waals surface area contributed by atoms with Gasteiger partial charge < -0.3 is 5.32 Å². The van der Waals surface area contributed by atoms with Crippen LogP contribution >= 0.6 is 22.9 Å². The molecule has 1 aromatic carbocycles. The Bertz CT molecular complexity index is 623. The number of benzene rings is 1. The number of carbonyl (C=O) groups is 1. The number of para-hydroxylation sites is 1. The van der Waals surface area contributed by atoms with Gasteiger partial charge in [-0.3, -0.25) is 7.91 Å². The number of amides is 1. The quantitative estimate of drug-likeness (QED) is 0.599. The molecular weight excluding hydrogens is 367 g/mol. The van der Waals surface area contributed by atoms with Crippen LogP contribution in [-0.4, -0.2) is 21.0 Å². The second kappa shape index (κ2) is 5.37. The number of nitrogens with one attached hydrogen (secondary N) is 2. The van der Waals surface area contributed by atoms with Gasteiger partial charge in [-0.05, 0) is 12.1 Å². The molecule has 2 heterocycles. The van der Waals surface area contributed by atoms with Crippen LogP contribution in [-0.2, 0) is 4.79 Å². The average molecular weight is 381 g/mol. The maximum Gasteiger partial charge on any atom is 0.280 e. The van der Waals surface area contributed by atoms with Crippen molar-refractivity contribution < 1.29 is 9.69 Å². The lowest BCUT2D eigenvalue weighted by Gasteiger charge is -2.27. The Morgan fingerprint density at radius 1 is 1.40 bits per heavy atom. The lowest BCUT2D eigenvalue weighted by molar-refractivity contribution is -0.784. The van der Waals surface area contributed by atoms with Crippen LogP contribution in [0.25, 0.3) is 0 Å². The van der Waals surface area contributed by atoms with E-state index in [0.717, 1.165) is 16.4 Å². The van der Waals surface area contributed by atoms with Crippen molar-refractivity contribution in [3.05, 3.63) is 54.5 Å². The van der Waals surface area contributed by atoms with Gasteiger partial charge in [-0.15, -0.1) is 0 Å². The second-order valence-electron chi connectivity index (χ2n) is 4.64. The number of aliphatic imine (C=N–C) groups is 1. The van der Waals surface area contributed by atoms with Gasteiger partial charge in [-0.1, -0.05) is 18.2 Å². The number of quaternary nitrogens is 1. The molecule has 0 spiro atoms.